The fourth-order valence-electron chi connectivity index (χ4n) is 4.37. The smallest absolute Gasteiger partial charge is 0.282 e. The number of hydrogen-bond donors (Lipinski definition) is 2. The highest BCUT2D eigenvalue weighted by atomic mass is 32.2. The van der Waals surface area contributed by atoms with Crippen LogP contribution in [-0.2, 0) is 10.2 Å². The van der Waals surface area contributed by atoms with Crippen LogP contribution in [0, 0.1) is 0 Å². The molecule has 3 fully saturated rings. The van der Waals surface area contributed by atoms with Crippen LogP contribution in [0.3, 0.4) is 0 Å². The minimum Gasteiger partial charge on any atom is -0.360 e. The van der Waals surface area contributed by atoms with Gasteiger partial charge in [-0.2, -0.15) is 17.0 Å². The third kappa shape index (κ3) is 4.35. The summed E-state index contributed by atoms with van der Waals surface area (Å²) in [5, 5.41) is 10.2. The summed E-state index contributed by atoms with van der Waals surface area (Å²) >= 11 is 0. The van der Waals surface area contributed by atoms with Gasteiger partial charge >= 0.3 is 0 Å². The van der Waals surface area contributed by atoms with Gasteiger partial charge < -0.3 is 15.2 Å². The van der Waals surface area contributed by atoms with E-state index in [4.69, 9.17) is 4.52 Å². The van der Waals surface area contributed by atoms with Crippen LogP contribution in [-0.4, -0.2) is 72.4 Å². The summed E-state index contributed by atoms with van der Waals surface area (Å²) in [6, 6.07) is 1.47. The van der Waals surface area contributed by atoms with Gasteiger partial charge in [-0.3, -0.25) is 4.79 Å². The second kappa shape index (κ2) is 8.33. The van der Waals surface area contributed by atoms with E-state index in [-0.39, 0.29) is 24.0 Å². The van der Waals surface area contributed by atoms with E-state index in [1.165, 1.54) is 0 Å². The minimum absolute atomic E-state index is 0.00814. The number of nitrogens with zero attached hydrogens (tertiary/aromatic N) is 3. The SMILES string of the molecule is CCC1CNCCN1S(=O)(=O)N1CC[C@H](NC(=O)c2cc(C3CC3)on2)C[C@@H]1C. The van der Waals surface area contributed by atoms with Crippen LogP contribution < -0.4 is 10.6 Å². The number of carbonyl (C=O) groups is 1. The first-order valence-electron chi connectivity index (χ1n) is 10.7. The van der Waals surface area contributed by atoms with Crippen molar-refractivity contribution in [1.29, 1.82) is 0 Å². The third-order valence-electron chi connectivity index (χ3n) is 6.25. The lowest BCUT2D eigenvalue weighted by molar-refractivity contribution is 0.0902. The molecule has 1 saturated carbocycles. The normalized spacial score (nSPS) is 29.7. The monoisotopic (exact) mass is 425 g/mol. The summed E-state index contributed by atoms with van der Waals surface area (Å²) in [6.07, 6.45) is 4.14. The van der Waals surface area contributed by atoms with Crippen molar-refractivity contribution in [1.82, 2.24) is 24.4 Å². The predicted molar refractivity (Wildman–Crippen MR) is 108 cm³/mol. The zero-order chi connectivity index (χ0) is 20.6. The first-order chi connectivity index (χ1) is 13.9. The number of carbonyl (C=O) groups excluding carboxylic acids is 1. The second-order valence-electron chi connectivity index (χ2n) is 8.43. The number of aromatic nitrogens is 1. The van der Waals surface area contributed by atoms with Gasteiger partial charge in [-0.1, -0.05) is 12.1 Å². The van der Waals surface area contributed by atoms with E-state index < -0.39 is 10.2 Å². The second-order valence-corrected chi connectivity index (χ2v) is 10.3. The molecule has 2 N–H and O–H groups in total. The van der Waals surface area contributed by atoms with E-state index in [9.17, 15) is 13.2 Å². The lowest BCUT2D eigenvalue weighted by Crippen LogP contribution is -2.60. The van der Waals surface area contributed by atoms with Crippen LogP contribution >= 0.6 is 0 Å². The van der Waals surface area contributed by atoms with Crippen molar-refractivity contribution in [2.24, 2.45) is 0 Å². The molecular weight excluding hydrogens is 394 g/mol. The van der Waals surface area contributed by atoms with Gasteiger partial charge in [0, 0.05) is 56.3 Å². The Morgan fingerprint density at radius 3 is 2.79 bits per heavy atom. The van der Waals surface area contributed by atoms with E-state index in [0.29, 0.717) is 50.6 Å². The molecule has 3 aliphatic rings. The van der Waals surface area contributed by atoms with Crippen molar-refractivity contribution in [3.8, 4) is 0 Å². The molecule has 2 saturated heterocycles. The van der Waals surface area contributed by atoms with Gasteiger partial charge in [0.25, 0.3) is 16.1 Å². The first-order valence-corrected chi connectivity index (χ1v) is 12.1. The average molecular weight is 426 g/mol. The molecule has 162 valence electrons. The lowest BCUT2D eigenvalue weighted by atomic mass is 10.0. The maximum Gasteiger partial charge on any atom is 0.282 e. The Hall–Kier alpha value is -1.49. The van der Waals surface area contributed by atoms with Crippen molar-refractivity contribution in [2.45, 2.75) is 70.0 Å². The highest BCUT2D eigenvalue weighted by Gasteiger charge is 2.40. The summed E-state index contributed by atoms with van der Waals surface area (Å²) in [5.74, 6) is 0.947. The van der Waals surface area contributed by atoms with E-state index in [1.54, 1.807) is 14.7 Å². The Balaban J connectivity index is 1.36. The first kappa shape index (κ1) is 20.8. The highest BCUT2D eigenvalue weighted by Crippen LogP contribution is 2.40. The number of nitrogens with one attached hydrogen (secondary N) is 2. The van der Waals surface area contributed by atoms with Gasteiger partial charge in [-0.25, -0.2) is 0 Å². The molecule has 0 radical (unpaired) electrons. The minimum atomic E-state index is -3.51. The molecule has 9 nitrogen and oxygen atoms in total. The fraction of sp³-hybridized carbons (Fsp3) is 0.789. The lowest BCUT2D eigenvalue weighted by Gasteiger charge is -2.42. The van der Waals surface area contributed by atoms with Crippen molar-refractivity contribution >= 4 is 16.1 Å². The number of rotatable bonds is 6. The zero-order valence-electron chi connectivity index (χ0n) is 17.1. The number of hydrogen-bond acceptors (Lipinski definition) is 6. The van der Waals surface area contributed by atoms with Crippen LogP contribution in [0.1, 0.15) is 68.1 Å². The largest absolute Gasteiger partial charge is 0.360 e. The maximum atomic E-state index is 13.3. The zero-order valence-corrected chi connectivity index (χ0v) is 18.0. The predicted octanol–water partition coefficient (Wildman–Crippen LogP) is 1.06. The van der Waals surface area contributed by atoms with Crippen LogP contribution in [0.15, 0.2) is 10.6 Å². The Kier molecular flexibility index (Phi) is 5.97. The molecule has 1 amide bonds. The van der Waals surface area contributed by atoms with Crippen molar-refractivity contribution in [3.63, 3.8) is 0 Å². The molecule has 1 aliphatic carbocycles. The number of piperazine rings is 1. The molecule has 0 aromatic carbocycles. The number of amides is 1. The molecule has 1 aromatic rings. The molecule has 1 unspecified atom stereocenters. The molecule has 3 atom stereocenters. The summed E-state index contributed by atoms with van der Waals surface area (Å²) in [5.41, 5.74) is 0.307. The fourth-order valence-corrected chi connectivity index (χ4v) is 6.44. The van der Waals surface area contributed by atoms with E-state index in [0.717, 1.165) is 25.0 Å². The van der Waals surface area contributed by atoms with Crippen LogP contribution in [0.25, 0.3) is 0 Å². The van der Waals surface area contributed by atoms with Gasteiger partial charge in [0.2, 0.25) is 0 Å². The van der Waals surface area contributed by atoms with Crippen molar-refractivity contribution in [2.75, 3.05) is 26.2 Å². The summed E-state index contributed by atoms with van der Waals surface area (Å²) < 4.78 is 35.0. The van der Waals surface area contributed by atoms with Crippen LogP contribution in [0.4, 0.5) is 0 Å². The topological polar surface area (TPSA) is 108 Å². The Morgan fingerprint density at radius 2 is 2.10 bits per heavy atom. The van der Waals surface area contributed by atoms with Crippen LogP contribution in [0.5, 0.6) is 0 Å². The highest BCUT2D eigenvalue weighted by molar-refractivity contribution is 7.86. The van der Waals surface area contributed by atoms with Crippen molar-refractivity contribution < 1.29 is 17.7 Å². The Morgan fingerprint density at radius 1 is 1.31 bits per heavy atom. The van der Waals surface area contributed by atoms with Crippen molar-refractivity contribution in [3.05, 3.63) is 17.5 Å². The Bertz CT molecular complexity index is 837. The molecule has 0 spiro atoms. The molecule has 4 rings (SSSR count). The quantitative estimate of drug-likeness (QED) is 0.706. The molecule has 3 heterocycles. The Labute approximate surface area is 172 Å². The van der Waals surface area contributed by atoms with Gasteiger partial charge in [0.15, 0.2) is 5.69 Å². The van der Waals surface area contributed by atoms with Gasteiger partial charge in [-0.15, -0.1) is 0 Å². The summed E-state index contributed by atoms with van der Waals surface area (Å²) in [6.45, 7) is 6.21. The molecular formula is C19H31N5O4S. The molecule has 2 aliphatic heterocycles. The van der Waals surface area contributed by atoms with Gasteiger partial charge in [0.1, 0.15) is 5.76 Å². The summed E-state index contributed by atoms with van der Waals surface area (Å²) in [7, 11) is -3.51. The molecule has 0 bridgehead atoms. The standard InChI is InChI=1S/C19H31N5O4S/c1-3-16-12-20-7-9-24(16)29(26,27)23-8-6-15(10-13(23)2)21-19(25)17-11-18(28-22-17)14-4-5-14/h11,13-16,20H,3-10,12H2,1-2H3,(H,21,25)/t13-,15-,16?/m0/s1. The van der Waals surface area contributed by atoms with E-state index in [2.05, 4.69) is 15.8 Å². The average Bonchev–Trinajstić information content (AvgIpc) is 3.44. The van der Waals surface area contributed by atoms with Crippen LogP contribution in [0.2, 0.25) is 0 Å². The molecule has 10 heteroatoms. The van der Waals surface area contributed by atoms with Gasteiger partial charge in [0.05, 0.1) is 0 Å². The van der Waals surface area contributed by atoms with E-state index >= 15 is 0 Å². The maximum absolute atomic E-state index is 13.3. The molecule has 29 heavy (non-hydrogen) atoms. The number of piperidine rings is 1. The summed E-state index contributed by atoms with van der Waals surface area (Å²) in [4.78, 5) is 12.5. The van der Waals surface area contributed by atoms with E-state index in [1.807, 2.05) is 13.8 Å². The van der Waals surface area contributed by atoms with Gasteiger partial charge in [-0.05, 0) is 39.0 Å². The third-order valence-corrected chi connectivity index (χ3v) is 8.46. The molecule has 1 aromatic heterocycles.